The van der Waals surface area contributed by atoms with Gasteiger partial charge in [-0.05, 0) is 47.5 Å². The van der Waals surface area contributed by atoms with Crippen LogP contribution in [0, 0.1) is 0 Å². The van der Waals surface area contributed by atoms with Crippen LogP contribution in [0.2, 0.25) is 0 Å². The highest BCUT2D eigenvalue weighted by atomic mass is 35.5. The molecular weight excluding hydrogens is 444 g/mol. The average Bonchev–Trinajstić information content (AvgIpc) is 3.14. The molecule has 0 aliphatic carbocycles. The minimum absolute atomic E-state index is 0. The predicted molar refractivity (Wildman–Crippen MR) is 139 cm³/mol. The van der Waals surface area contributed by atoms with Crippen molar-refractivity contribution in [3.8, 4) is 0 Å². The fraction of sp³-hybridized carbons (Fsp3) is 0.222. The molecule has 6 nitrogen and oxygen atoms in total. The lowest BCUT2D eigenvalue weighted by Gasteiger charge is -2.11. The van der Waals surface area contributed by atoms with E-state index in [1.807, 2.05) is 62.1 Å². The van der Waals surface area contributed by atoms with Crippen molar-refractivity contribution in [2.45, 2.75) is 13.3 Å². The minimum Gasteiger partial charge on any atom is -1.00 e. The van der Waals surface area contributed by atoms with Gasteiger partial charge in [0.2, 0.25) is 11.0 Å². The number of aromatic nitrogens is 2. The van der Waals surface area contributed by atoms with Gasteiger partial charge in [-0.25, -0.2) is 0 Å². The van der Waals surface area contributed by atoms with Gasteiger partial charge < -0.3 is 22.2 Å². The predicted octanol–water partition coefficient (Wildman–Crippen LogP) is 1.39. The molecule has 0 fully saturated rings. The lowest BCUT2D eigenvalue weighted by Crippen LogP contribution is -3.00. The molecule has 4 rings (SSSR count). The molecule has 0 atom stereocenters. The summed E-state index contributed by atoms with van der Waals surface area (Å²) < 4.78 is 3.98. The summed E-state index contributed by atoms with van der Waals surface area (Å²) in [5, 5.41) is 9.67. The van der Waals surface area contributed by atoms with Crippen LogP contribution in [0.15, 0.2) is 83.0 Å². The third kappa shape index (κ3) is 5.29. The van der Waals surface area contributed by atoms with E-state index in [4.69, 9.17) is 10.2 Å². The number of imidazole rings is 1. The zero-order chi connectivity index (χ0) is 23.4. The van der Waals surface area contributed by atoms with Gasteiger partial charge in [0.15, 0.2) is 0 Å². The van der Waals surface area contributed by atoms with E-state index in [1.54, 1.807) is 0 Å². The van der Waals surface area contributed by atoms with E-state index in [2.05, 4.69) is 77.4 Å². The zero-order valence-electron chi connectivity index (χ0n) is 20.4. The number of para-hydroxylation sites is 2. The third-order valence-corrected chi connectivity index (χ3v) is 5.61. The summed E-state index contributed by atoms with van der Waals surface area (Å²) in [4.78, 5) is 4.18. The summed E-state index contributed by atoms with van der Waals surface area (Å²) in [6.07, 6.45) is 4.60. The zero-order valence-corrected chi connectivity index (χ0v) is 21.1. The molecule has 1 aromatic heterocycles. The van der Waals surface area contributed by atoms with E-state index in [9.17, 15) is 0 Å². The number of halogens is 1. The number of anilines is 2. The summed E-state index contributed by atoms with van der Waals surface area (Å²) in [6.45, 7) is 2.13. The second-order valence-electron chi connectivity index (χ2n) is 8.34. The third-order valence-electron chi connectivity index (χ3n) is 5.61. The Labute approximate surface area is 207 Å². The monoisotopic (exact) mass is 474 g/mol. The Kier molecular flexibility index (Phi) is 8.08. The first-order valence-corrected chi connectivity index (χ1v) is 11.2. The maximum absolute atomic E-state index is 4.83. The molecular formula is C27H31ClN6. The Bertz CT molecular complexity index is 1190. The molecule has 34 heavy (non-hydrogen) atoms. The van der Waals surface area contributed by atoms with Crippen molar-refractivity contribution < 1.29 is 17.1 Å². The summed E-state index contributed by atoms with van der Waals surface area (Å²) in [5.74, 6) is 1.01. The number of hydrogen-bond donors (Lipinski definition) is 0. The van der Waals surface area contributed by atoms with E-state index in [-0.39, 0.29) is 12.4 Å². The number of fused-ring (bicyclic) bond motifs is 1. The molecule has 0 bridgehead atoms. The molecule has 0 aliphatic heterocycles. The van der Waals surface area contributed by atoms with Gasteiger partial charge in [0.25, 0.3) is 0 Å². The number of hydrogen-bond acceptors (Lipinski definition) is 4. The molecule has 0 N–H and O–H groups in total. The molecule has 0 spiro atoms. The fourth-order valence-corrected chi connectivity index (χ4v) is 3.71. The Hall–Kier alpha value is -3.64. The van der Waals surface area contributed by atoms with Crippen molar-refractivity contribution in [2.75, 3.05) is 38.0 Å². The molecule has 0 radical (unpaired) electrons. The first-order valence-electron chi connectivity index (χ1n) is 11.2. The highest BCUT2D eigenvalue weighted by Crippen LogP contribution is 2.16. The lowest BCUT2D eigenvalue weighted by molar-refractivity contribution is -0.660. The molecule has 176 valence electrons. The van der Waals surface area contributed by atoms with Crippen molar-refractivity contribution in [1.82, 2.24) is 4.68 Å². The minimum atomic E-state index is 0. The second-order valence-corrected chi connectivity index (χ2v) is 8.34. The van der Waals surface area contributed by atoms with Gasteiger partial charge in [-0.2, -0.15) is 0 Å². The van der Waals surface area contributed by atoms with Crippen molar-refractivity contribution in [3.05, 3.63) is 89.7 Å². The van der Waals surface area contributed by atoms with Gasteiger partial charge in [0, 0.05) is 39.6 Å². The van der Waals surface area contributed by atoms with Crippen LogP contribution < -0.4 is 26.9 Å². The van der Waals surface area contributed by atoms with Crippen LogP contribution in [0.4, 0.5) is 11.4 Å². The Morgan fingerprint density at radius 1 is 0.765 bits per heavy atom. The summed E-state index contributed by atoms with van der Waals surface area (Å²) in [5.41, 5.74) is 6.48. The molecule has 0 amide bonds. The van der Waals surface area contributed by atoms with Crippen molar-refractivity contribution in [3.63, 3.8) is 0 Å². The summed E-state index contributed by atoms with van der Waals surface area (Å²) in [6, 6.07) is 25.0. The van der Waals surface area contributed by atoms with E-state index in [0.717, 1.165) is 34.4 Å². The SMILES string of the molecule is CCc1n(N=Cc2ccc(N(C)C)cc2)c2ccccc2[n+]1N=Cc1ccc(N(C)C)cc1.[Cl-]. The van der Waals surface area contributed by atoms with Crippen LogP contribution >= 0.6 is 0 Å². The molecule has 3 aromatic carbocycles. The normalized spacial score (nSPS) is 11.3. The molecule has 0 unspecified atom stereocenters. The number of rotatable bonds is 7. The summed E-state index contributed by atoms with van der Waals surface area (Å²) in [7, 11) is 8.16. The van der Waals surface area contributed by atoms with Gasteiger partial charge in [-0.3, -0.25) is 0 Å². The standard InChI is InChI=1S/C27H31N6.ClH/c1-6-27-32(28-19-21-11-15-23(16-12-21)30(2)3)25-9-7-8-10-26(25)33(27)29-20-22-13-17-24(18-14-22)31(4)5;/h7-20H,6H2,1-5H3;1H/q+1;/p-1. The van der Waals surface area contributed by atoms with Gasteiger partial charge in [0.1, 0.15) is 0 Å². The maximum atomic E-state index is 4.83. The lowest BCUT2D eigenvalue weighted by atomic mass is 10.2. The second kappa shape index (κ2) is 11.0. The van der Waals surface area contributed by atoms with Gasteiger partial charge >= 0.3 is 5.82 Å². The molecule has 4 aromatic rings. The highest BCUT2D eigenvalue weighted by Gasteiger charge is 2.23. The Balaban J connectivity index is 0.00000324. The molecule has 0 saturated carbocycles. The van der Waals surface area contributed by atoms with E-state index >= 15 is 0 Å². The first kappa shape index (κ1) is 25.0. The molecule has 7 heteroatoms. The van der Waals surface area contributed by atoms with Crippen LogP contribution in [-0.2, 0) is 6.42 Å². The quantitative estimate of drug-likeness (QED) is 0.300. The van der Waals surface area contributed by atoms with Crippen LogP contribution in [0.1, 0.15) is 23.9 Å². The van der Waals surface area contributed by atoms with Crippen molar-refractivity contribution in [2.24, 2.45) is 10.2 Å². The fourth-order valence-electron chi connectivity index (χ4n) is 3.71. The molecule has 0 saturated heterocycles. The van der Waals surface area contributed by atoms with Crippen LogP contribution in [0.3, 0.4) is 0 Å². The van der Waals surface area contributed by atoms with Gasteiger partial charge in [0.05, 0.1) is 18.9 Å². The van der Waals surface area contributed by atoms with Crippen LogP contribution in [0.25, 0.3) is 11.0 Å². The van der Waals surface area contributed by atoms with Crippen molar-refractivity contribution >= 4 is 34.8 Å². The van der Waals surface area contributed by atoms with E-state index < -0.39 is 0 Å². The smallest absolute Gasteiger partial charge is 0.308 e. The topological polar surface area (TPSA) is 40.0 Å². The maximum Gasteiger partial charge on any atom is 0.308 e. The first-order chi connectivity index (χ1) is 16.0. The number of nitrogens with zero attached hydrogens (tertiary/aromatic N) is 6. The Morgan fingerprint density at radius 2 is 1.29 bits per heavy atom. The largest absolute Gasteiger partial charge is 1.00 e. The average molecular weight is 475 g/mol. The van der Waals surface area contributed by atoms with Crippen molar-refractivity contribution in [1.29, 1.82) is 0 Å². The molecule has 1 heterocycles. The van der Waals surface area contributed by atoms with Gasteiger partial charge in [-0.1, -0.05) is 62.9 Å². The van der Waals surface area contributed by atoms with Crippen LogP contribution in [0.5, 0.6) is 0 Å². The van der Waals surface area contributed by atoms with E-state index in [0.29, 0.717) is 0 Å². The van der Waals surface area contributed by atoms with Gasteiger partial charge in [-0.15, -0.1) is 0 Å². The summed E-state index contributed by atoms with van der Waals surface area (Å²) >= 11 is 0. The molecule has 0 aliphatic rings. The Morgan fingerprint density at radius 3 is 1.82 bits per heavy atom. The van der Waals surface area contributed by atoms with E-state index in [1.165, 1.54) is 11.4 Å². The number of benzene rings is 3. The highest BCUT2D eigenvalue weighted by molar-refractivity contribution is 5.82. The van der Waals surface area contributed by atoms with Crippen LogP contribution in [-0.4, -0.2) is 45.3 Å².